The van der Waals surface area contributed by atoms with E-state index in [4.69, 9.17) is 0 Å². The second-order valence-electron chi connectivity index (χ2n) is 6.53. The van der Waals surface area contributed by atoms with Crippen LogP contribution in [0.1, 0.15) is 25.3 Å². The Bertz CT molecular complexity index is 773. The van der Waals surface area contributed by atoms with Crippen molar-refractivity contribution in [2.24, 2.45) is 0 Å². The fraction of sp³-hybridized carbons (Fsp3) is 0.500. The number of hydrogen-bond acceptors (Lipinski definition) is 5. The number of aromatic nitrogens is 3. The van der Waals surface area contributed by atoms with Crippen molar-refractivity contribution in [2.75, 3.05) is 18.8 Å². The number of nitrogens with zero attached hydrogens (tertiary/aromatic N) is 3. The Morgan fingerprint density at radius 1 is 1.38 bits per heavy atom. The number of likely N-dealkylation sites (tertiary alicyclic amines) is 1. The Balaban J connectivity index is 1.44. The van der Waals surface area contributed by atoms with Gasteiger partial charge in [0.2, 0.25) is 5.91 Å². The van der Waals surface area contributed by atoms with Gasteiger partial charge in [0, 0.05) is 32.2 Å². The normalized spacial score (nSPS) is 17.5. The van der Waals surface area contributed by atoms with Crippen LogP contribution in [0.15, 0.2) is 40.3 Å². The van der Waals surface area contributed by atoms with Crippen LogP contribution in [0.25, 0.3) is 0 Å². The Hall–Kier alpha value is -2.06. The van der Waals surface area contributed by atoms with E-state index in [1.54, 1.807) is 4.57 Å². The molecule has 8 heteroatoms. The van der Waals surface area contributed by atoms with Crippen molar-refractivity contribution in [2.45, 2.75) is 44.1 Å². The highest BCUT2D eigenvalue weighted by atomic mass is 32.2. The third kappa shape index (κ3) is 4.98. The molecule has 0 aliphatic carbocycles. The second kappa shape index (κ2) is 9.05. The number of H-pyrrole nitrogens is 1. The van der Waals surface area contributed by atoms with Gasteiger partial charge in [0.15, 0.2) is 5.16 Å². The third-order valence-corrected chi connectivity index (χ3v) is 5.37. The first-order chi connectivity index (χ1) is 12.7. The molecule has 2 heterocycles. The molecule has 1 aliphatic heterocycles. The van der Waals surface area contributed by atoms with E-state index < -0.39 is 0 Å². The Morgan fingerprint density at radius 3 is 2.96 bits per heavy atom. The summed E-state index contributed by atoms with van der Waals surface area (Å²) in [7, 11) is 0. The van der Waals surface area contributed by atoms with E-state index in [9.17, 15) is 9.59 Å². The van der Waals surface area contributed by atoms with Crippen molar-refractivity contribution < 1.29 is 4.79 Å². The van der Waals surface area contributed by atoms with E-state index in [-0.39, 0.29) is 23.4 Å². The zero-order valence-electron chi connectivity index (χ0n) is 15.0. The topological polar surface area (TPSA) is 83.0 Å². The Morgan fingerprint density at radius 2 is 2.19 bits per heavy atom. The Kier molecular flexibility index (Phi) is 6.51. The van der Waals surface area contributed by atoms with Crippen LogP contribution in [0.4, 0.5) is 0 Å². The number of hydrogen-bond donors (Lipinski definition) is 2. The van der Waals surface area contributed by atoms with Crippen LogP contribution in [0, 0.1) is 0 Å². The van der Waals surface area contributed by atoms with Crippen molar-refractivity contribution in [1.29, 1.82) is 0 Å². The van der Waals surface area contributed by atoms with Gasteiger partial charge in [0.05, 0.1) is 5.75 Å². The summed E-state index contributed by atoms with van der Waals surface area (Å²) in [6, 6.07) is 10.6. The summed E-state index contributed by atoms with van der Waals surface area (Å²) < 4.78 is 1.58. The standard InChI is InChI=1S/C18H25N5O2S/c1-2-9-23-17(25)20-21-18(23)26-13-16(24)19-15-8-10-22(12-15)11-14-6-4-3-5-7-14/h3-7,15H,2,8-13H2,1H3,(H,19,24)(H,20,25). The van der Waals surface area contributed by atoms with Crippen LogP contribution in [0.3, 0.4) is 0 Å². The monoisotopic (exact) mass is 375 g/mol. The van der Waals surface area contributed by atoms with Crippen LogP contribution >= 0.6 is 11.8 Å². The molecule has 1 amide bonds. The number of amides is 1. The SMILES string of the molecule is CCCn1c(SCC(=O)NC2CCN(Cc3ccccc3)C2)n[nH]c1=O. The third-order valence-electron chi connectivity index (χ3n) is 4.39. The molecule has 0 radical (unpaired) electrons. The largest absolute Gasteiger partial charge is 0.351 e. The average molecular weight is 375 g/mol. The van der Waals surface area contributed by atoms with Crippen molar-refractivity contribution in [1.82, 2.24) is 25.0 Å². The van der Waals surface area contributed by atoms with E-state index in [2.05, 4.69) is 44.7 Å². The molecule has 2 N–H and O–H groups in total. The zero-order chi connectivity index (χ0) is 18.4. The molecule has 1 aromatic carbocycles. The molecule has 1 aromatic heterocycles. The van der Waals surface area contributed by atoms with Gasteiger partial charge in [0.1, 0.15) is 0 Å². The summed E-state index contributed by atoms with van der Waals surface area (Å²) in [5, 5.41) is 10.1. The molecular weight excluding hydrogens is 350 g/mol. The number of rotatable bonds is 8. The number of nitrogens with one attached hydrogen (secondary N) is 2. The molecule has 1 fully saturated rings. The smallest absolute Gasteiger partial charge is 0.343 e. The van der Waals surface area contributed by atoms with Gasteiger partial charge < -0.3 is 5.32 Å². The van der Waals surface area contributed by atoms with Crippen LogP contribution in [0.5, 0.6) is 0 Å². The van der Waals surface area contributed by atoms with Crippen molar-refractivity contribution in [3.05, 3.63) is 46.4 Å². The summed E-state index contributed by atoms with van der Waals surface area (Å²) in [6.07, 6.45) is 1.81. The number of benzene rings is 1. The molecule has 1 aliphatic rings. The van der Waals surface area contributed by atoms with Gasteiger partial charge in [-0.15, -0.1) is 5.10 Å². The van der Waals surface area contributed by atoms with E-state index in [1.807, 2.05) is 13.0 Å². The molecule has 0 saturated carbocycles. The van der Waals surface area contributed by atoms with Gasteiger partial charge in [-0.2, -0.15) is 0 Å². The van der Waals surface area contributed by atoms with Crippen LogP contribution in [0.2, 0.25) is 0 Å². The lowest BCUT2D eigenvalue weighted by atomic mass is 10.2. The molecule has 0 spiro atoms. The molecule has 0 bridgehead atoms. The van der Waals surface area contributed by atoms with Crippen LogP contribution < -0.4 is 11.0 Å². The summed E-state index contributed by atoms with van der Waals surface area (Å²) >= 11 is 1.30. The van der Waals surface area contributed by atoms with Crippen LogP contribution in [-0.2, 0) is 17.9 Å². The number of carbonyl (C=O) groups excluding carboxylic acids is 1. The molecule has 7 nitrogen and oxygen atoms in total. The molecule has 1 saturated heterocycles. The highest BCUT2D eigenvalue weighted by molar-refractivity contribution is 7.99. The highest BCUT2D eigenvalue weighted by Crippen LogP contribution is 2.15. The second-order valence-corrected chi connectivity index (χ2v) is 7.47. The molecule has 1 unspecified atom stereocenters. The minimum absolute atomic E-state index is 0.0138. The maximum Gasteiger partial charge on any atom is 0.343 e. The zero-order valence-corrected chi connectivity index (χ0v) is 15.8. The van der Waals surface area contributed by atoms with E-state index in [0.717, 1.165) is 32.5 Å². The molecule has 3 rings (SSSR count). The van der Waals surface area contributed by atoms with Gasteiger partial charge in [-0.25, -0.2) is 9.89 Å². The highest BCUT2D eigenvalue weighted by Gasteiger charge is 2.24. The average Bonchev–Trinajstić information content (AvgIpc) is 3.22. The molecular formula is C18H25N5O2S. The first kappa shape index (κ1) is 18.7. The van der Waals surface area contributed by atoms with Gasteiger partial charge in [-0.1, -0.05) is 49.0 Å². The minimum atomic E-state index is -0.220. The fourth-order valence-electron chi connectivity index (χ4n) is 3.17. The van der Waals surface area contributed by atoms with Crippen molar-refractivity contribution in [3.8, 4) is 0 Å². The maximum atomic E-state index is 12.2. The van der Waals surface area contributed by atoms with Gasteiger partial charge in [-0.05, 0) is 18.4 Å². The summed E-state index contributed by atoms with van der Waals surface area (Å²) in [4.78, 5) is 26.3. The van der Waals surface area contributed by atoms with Gasteiger partial charge >= 0.3 is 5.69 Å². The van der Waals surface area contributed by atoms with Crippen molar-refractivity contribution in [3.63, 3.8) is 0 Å². The predicted molar refractivity (Wildman–Crippen MR) is 102 cm³/mol. The molecule has 26 heavy (non-hydrogen) atoms. The summed E-state index contributed by atoms with van der Waals surface area (Å²) in [5.74, 6) is 0.253. The van der Waals surface area contributed by atoms with E-state index >= 15 is 0 Å². The summed E-state index contributed by atoms with van der Waals surface area (Å²) in [6.45, 7) is 5.38. The van der Waals surface area contributed by atoms with Gasteiger partial charge in [0.25, 0.3) is 0 Å². The van der Waals surface area contributed by atoms with Gasteiger partial charge in [-0.3, -0.25) is 14.3 Å². The number of carbonyl (C=O) groups is 1. The fourth-order valence-corrected chi connectivity index (χ4v) is 3.95. The first-order valence-corrected chi connectivity index (χ1v) is 9.98. The number of aromatic amines is 1. The van der Waals surface area contributed by atoms with E-state index in [1.165, 1.54) is 17.3 Å². The molecule has 140 valence electrons. The first-order valence-electron chi connectivity index (χ1n) is 8.99. The molecule has 2 aromatic rings. The van der Waals surface area contributed by atoms with Crippen LogP contribution in [-0.4, -0.2) is 50.5 Å². The quantitative estimate of drug-likeness (QED) is 0.683. The van der Waals surface area contributed by atoms with E-state index in [0.29, 0.717) is 11.7 Å². The predicted octanol–water partition coefficient (Wildman–Crippen LogP) is 1.46. The summed E-state index contributed by atoms with van der Waals surface area (Å²) in [5.41, 5.74) is 1.07. The maximum absolute atomic E-state index is 12.2. The lowest BCUT2D eigenvalue weighted by molar-refractivity contribution is -0.119. The number of thioether (sulfide) groups is 1. The Labute approximate surface area is 157 Å². The molecule has 1 atom stereocenters. The minimum Gasteiger partial charge on any atom is -0.351 e. The lowest BCUT2D eigenvalue weighted by Gasteiger charge is -2.16. The lowest BCUT2D eigenvalue weighted by Crippen LogP contribution is -2.38. The van der Waals surface area contributed by atoms with Crippen molar-refractivity contribution >= 4 is 17.7 Å².